The van der Waals surface area contributed by atoms with Crippen LogP contribution < -0.4 is 0 Å². The number of halogens is 1. The summed E-state index contributed by atoms with van der Waals surface area (Å²) >= 11 is 0. The van der Waals surface area contributed by atoms with Crippen molar-refractivity contribution in [3.8, 4) is 0 Å². The Morgan fingerprint density at radius 1 is 1.50 bits per heavy atom. The average molecular weight is 221 g/mol. The van der Waals surface area contributed by atoms with E-state index in [4.69, 9.17) is 4.74 Å². The molecule has 1 aromatic carbocycles. The van der Waals surface area contributed by atoms with Crippen LogP contribution in [0.2, 0.25) is 0 Å². The molecule has 0 bridgehead atoms. The lowest BCUT2D eigenvalue weighted by atomic mass is 10.2. The van der Waals surface area contributed by atoms with E-state index in [9.17, 15) is 9.18 Å². The standard InChI is InChI=1S/C12H12FNO2/c1-8(16-7-15)4-11-6-9-5-10(13)2-3-12(9)14-11/h2-3,5-8,14H,4H2,1H3. The molecular formula is C12H12FNO2. The molecule has 1 atom stereocenters. The molecular weight excluding hydrogens is 209 g/mol. The maximum Gasteiger partial charge on any atom is 0.293 e. The fraction of sp³-hybridized carbons (Fsp3) is 0.250. The zero-order valence-electron chi connectivity index (χ0n) is 8.87. The van der Waals surface area contributed by atoms with Crippen molar-refractivity contribution in [2.75, 3.05) is 0 Å². The molecule has 16 heavy (non-hydrogen) atoms. The Labute approximate surface area is 92.2 Å². The van der Waals surface area contributed by atoms with Gasteiger partial charge in [0.15, 0.2) is 0 Å². The van der Waals surface area contributed by atoms with Crippen molar-refractivity contribution >= 4 is 17.4 Å². The van der Waals surface area contributed by atoms with Gasteiger partial charge in [0.2, 0.25) is 0 Å². The maximum absolute atomic E-state index is 12.9. The molecule has 0 amide bonds. The van der Waals surface area contributed by atoms with Gasteiger partial charge in [0.25, 0.3) is 6.47 Å². The van der Waals surface area contributed by atoms with Crippen molar-refractivity contribution in [1.82, 2.24) is 4.98 Å². The molecule has 0 aliphatic rings. The number of carbonyl (C=O) groups excluding carboxylic acids is 1. The number of aromatic nitrogens is 1. The lowest BCUT2D eigenvalue weighted by Crippen LogP contribution is -2.10. The van der Waals surface area contributed by atoms with E-state index in [1.807, 2.05) is 6.07 Å². The lowest BCUT2D eigenvalue weighted by Gasteiger charge is -2.06. The number of nitrogens with one attached hydrogen (secondary N) is 1. The summed E-state index contributed by atoms with van der Waals surface area (Å²) in [6, 6.07) is 6.44. The summed E-state index contributed by atoms with van der Waals surface area (Å²) in [5.41, 5.74) is 1.81. The number of ether oxygens (including phenoxy) is 1. The van der Waals surface area contributed by atoms with Gasteiger partial charge >= 0.3 is 0 Å². The van der Waals surface area contributed by atoms with Crippen LogP contribution in [-0.2, 0) is 16.0 Å². The Kier molecular flexibility index (Phi) is 2.90. The molecule has 2 aromatic rings. The van der Waals surface area contributed by atoms with Crippen LogP contribution >= 0.6 is 0 Å². The Hall–Kier alpha value is -1.84. The van der Waals surface area contributed by atoms with Crippen LogP contribution in [0.4, 0.5) is 4.39 Å². The highest BCUT2D eigenvalue weighted by Gasteiger charge is 2.07. The third-order valence-electron chi connectivity index (χ3n) is 2.43. The van der Waals surface area contributed by atoms with Crippen LogP contribution in [-0.4, -0.2) is 17.6 Å². The molecule has 1 N–H and O–H groups in total. The second-order valence-electron chi connectivity index (χ2n) is 3.77. The third kappa shape index (κ3) is 2.21. The summed E-state index contributed by atoms with van der Waals surface area (Å²) in [5.74, 6) is -0.254. The SMILES string of the molecule is CC(Cc1cc2cc(F)ccc2[nH]1)OC=O. The first-order chi connectivity index (χ1) is 7.69. The molecule has 0 fully saturated rings. The van der Waals surface area contributed by atoms with Crippen LogP contribution in [0, 0.1) is 5.82 Å². The number of fused-ring (bicyclic) bond motifs is 1. The van der Waals surface area contributed by atoms with Crippen LogP contribution in [0.3, 0.4) is 0 Å². The number of aromatic amines is 1. The van der Waals surface area contributed by atoms with Gasteiger partial charge in [0.05, 0.1) is 0 Å². The van der Waals surface area contributed by atoms with Crippen LogP contribution in [0.25, 0.3) is 10.9 Å². The van der Waals surface area contributed by atoms with Gasteiger partial charge in [-0.25, -0.2) is 4.39 Å². The van der Waals surface area contributed by atoms with E-state index >= 15 is 0 Å². The van der Waals surface area contributed by atoms with Crippen molar-refractivity contribution in [2.45, 2.75) is 19.4 Å². The van der Waals surface area contributed by atoms with Gasteiger partial charge < -0.3 is 9.72 Å². The molecule has 4 heteroatoms. The summed E-state index contributed by atoms with van der Waals surface area (Å²) in [5, 5.41) is 0.827. The molecule has 2 rings (SSSR count). The normalized spacial score (nSPS) is 12.6. The summed E-state index contributed by atoms with van der Waals surface area (Å²) in [6.07, 6.45) is 0.407. The highest BCUT2D eigenvalue weighted by Crippen LogP contribution is 2.17. The van der Waals surface area contributed by atoms with E-state index in [-0.39, 0.29) is 11.9 Å². The first-order valence-corrected chi connectivity index (χ1v) is 5.05. The highest BCUT2D eigenvalue weighted by molar-refractivity contribution is 5.80. The fourth-order valence-electron chi connectivity index (χ4n) is 1.73. The Balaban J connectivity index is 2.22. The molecule has 0 spiro atoms. The minimum atomic E-state index is -0.254. The van der Waals surface area contributed by atoms with Crippen LogP contribution in [0.15, 0.2) is 24.3 Å². The second kappa shape index (κ2) is 4.35. The Morgan fingerprint density at radius 3 is 3.06 bits per heavy atom. The van der Waals surface area contributed by atoms with Gasteiger partial charge in [-0.05, 0) is 31.2 Å². The molecule has 84 valence electrons. The van der Waals surface area contributed by atoms with E-state index in [2.05, 4.69) is 4.98 Å². The molecule has 0 aliphatic carbocycles. The summed E-state index contributed by atoms with van der Waals surface area (Å²) in [7, 11) is 0. The number of carbonyl (C=O) groups is 1. The van der Waals surface area contributed by atoms with Gasteiger partial charge in [-0.1, -0.05) is 0 Å². The van der Waals surface area contributed by atoms with Gasteiger partial charge in [-0.2, -0.15) is 0 Å². The summed E-state index contributed by atoms with van der Waals surface area (Å²) in [6.45, 7) is 2.24. The van der Waals surface area contributed by atoms with Gasteiger partial charge in [0.1, 0.15) is 11.9 Å². The molecule has 0 radical (unpaired) electrons. The van der Waals surface area contributed by atoms with Crippen LogP contribution in [0.5, 0.6) is 0 Å². The number of hydrogen-bond acceptors (Lipinski definition) is 2. The van der Waals surface area contributed by atoms with Crippen molar-refractivity contribution in [3.05, 3.63) is 35.8 Å². The van der Waals surface area contributed by atoms with Crippen molar-refractivity contribution in [1.29, 1.82) is 0 Å². The third-order valence-corrected chi connectivity index (χ3v) is 2.43. The first kappa shape index (κ1) is 10.7. The molecule has 1 aromatic heterocycles. The molecule has 0 aliphatic heterocycles. The largest absolute Gasteiger partial charge is 0.464 e. The van der Waals surface area contributed by atoms with E-state index in [1.165, 1.54) is 12.1 Å². The Bertz CT molecular complexity index is 507. The molecule has 3 nitrogen and oxygen atoms in total. The Morgan fingerprint density at radius 2 is 2.31 bits per heavy atom. The number of rotatable bonds is 4. The molecule has 0 saturated carbocycles. The average Bonchev–Trinajstić information content (AvgIpc) is 2.59. The molecule has 1 heterocycles. The van der Waals surface area contributed by atoms with E-state index in [0.717, 1.165) is 16.6 Å². The predicted octanol–water partition coefficient (Wildman–Crippen LogP) is 2.41. The van der Waals surface area contributed by atoms with Crippen molar-refractivity contribution in [2.24, 2.45) is 0 Å². The van der Waals surface area contributed by atoms with Crippen LogP contribution in [0.1, 0.15) is 12.6 Å². The van der Waals surface area contributed by atoms with Gasteiger partial charge in [0, 0.05) is 23.0 Å². The number of H-pyrrole nitrogens is 1. The van der Waals surface area contributed by atoms with Crippen molar-refractivity contribution in [3.63, 3.8) is 0 Å². The minimum Gasteiger partial charge on any atom is -0.464 e. The smallest absolute Gasteiger partial charge is 0.293 e. The fourth-order valence-corrected chi connectivity index (χ4v) is 1.73. The first-order valence-electron chi connectivity index (χ1n) is 5.05. The highest BCUT2D eigenvalue weighted by atomic mass is 19.1. The lowest BCUT2D eigenvalue weighted by molar-refractivity contribution is -0.132. The zero-order chi connectivity index (χ0) is 11.5. The number of benzene rings is 1. The summed E-state index contributed by atoms with van der Waals surface area (Å²) < 4.78 is 17.7. The monoisotopic (exact) mass is 221 g/mol. The van der Waals surface area contributed by atoms with E-state index in [0.29, 0.717) is 12.9 Å². The zero-order valence-corrected chi connectivity index (χ0v) is 8.87. The number of hydrogen-bond donors (Lipinski definition) is 1. The molecule has 0 saturated heterocycles. The quantitative estimate of drug-likeness (QED) is 0.805. The minimum absolute atomic E-state index is 0.185. The topological polar surface area (TPSA) is 42.1 Å². The van der Waals surface area contributed by atoms with E-state index in [1.54, 1.807) is 13.0 Å². The second-order valence-corrected chi connectivity index (χ2v) is 3.77. The van der Waals surface area contributed by atoms with Crippen molar-refractivity contribution < 1.29 is 13.9 Å². The van der Waals surface area contributed by atoms with Gasteiger partial charge in [-0.3, -0.25) is 4.79 Å². The van der Waals surface area contributed by atoms with Gasteiger partial charge in [-0.15, -0.1) is 0 Å². The van der Waals surface area contributed by atoms with E-state index < -0.39 is 0 Å². The maximum atomic E-state index is 12.9. The summed E-state index contributed by atoms with van der Waals surface area (Å²) in [4.78, 5) is 13.3. The molecule has 1 unspecified atom stereocenters. The predicted molar refractivity (Wildman–Crippen MR) is 58.6 cm³/mol.